The summed E-state index contributed by atoms with van der Waals surface area (Å²) in [7, 11) is 0. The van der Waals surface area contributed by atoms with Gasteiger partial charge in [-0.05, 0) is 37.6 Å². The van der Waals surface area contributed by atoms with Gasteiger partial charge >= 0.3 is 0 Å². The third-order valence-electron chi connectivity index (χ3n) is 2.31. The highest BCUT2D eigenvalue weighted by Crippen LogP contribution is 2.21. The van der Waals surface area contributed by atoms with Gasteiger partial charge in [-0.2, -0.15) is 0 Å². The number of rotatable bonds is 4. The van der Waals surface area contributed by atoms with Gasteiger partial charge in [-0.3, -0.25) is 0 Å². The molecule has 0 heterocycles. The van der Waals surface area contributed by atoms with Crippen LogP contribution in [0.3, 0.4) is 0 Å². The number of anilines is 2. The van der Waals surface area contributed by atoms with E-state index in [2.05, 4.69) is 11.8 Å². The second-order valence-electron chi connectivity index (χ2n) is 3.35. The molecule has 1 rings (SSSR count). The van der Waals surface area contributed by atoms with E-state index in [4.69, 9.17) is 10.8 Å². The van der Waals surface area contributed by atoms with Gasteiger partial charge in [-0.25, -0.2) is 0 Å². The molecule has 0 aromatic heterocycles. The Morgan fingerprint density at radius 2 is 2.14 bits per heavy atom. The van der Waals surface area contributed by atoms with E-state index in [0.29, 0.717) is 6.54 Å². The lowest BCUT2D eigenvalue weighted by molar-refractivity contribution is 0.302. The van der Waals surface area contributed by atoms with Gasteiger partial charge < -0.3 is 15.7 Å². The minimum absolute atomic E-state index is 0.178. The summed E-state index contributed by atoms with van der Waals surface area (Å²) in [5.41, 5.74) is 8.76. The fourth-order valence-electron chi connectivity index (χ4n) is 1.60. The van der Waals surface area contributed by atoms with Crippen LogP contribution >= 0.6 is 0 Å². The maximum absolute atomic E-state index is 8.91. The third kappa shape index (κ3) is 2.39. The van der Waals surface area contributed by atoms with Crippen molar-refractivity contribution < 1.29 is 5.11 Å². The zero-order valence-electron chi connectivity index (χ0n) is 8.83. The summed E-state index contributed by atoms with van der Waals surface area (Å²) in [6.45, 7) is 5.85. The number of hydrogen-bond donors (Lipinski definition) is 2. The molecule has 3 heteroatoms. The van der Waals surface area contributed by atoms with Crippen LogP contribution < -0.4 is 10.6 Å². The molecule has 14 heavy (non-hydrogen) atoms. The average Bonchev–Trinajstić information content (AvgIpc) is 2.15. The van der Waals surface area contributed by atoms with E-state index in [0.717, 1.165) is 23.5 Å². The lowest BCUT2D eigenvalue weighted by Gasteiger charge is -2.24. The molecule has 1 aromatic carbocycles. The number of benzene rings is 1. The van der Waals surface area contributed by atoms with Crippen molar-refractivity contribution in [3.05, 3.63) is 23.8 Å². The molecule has 0 aliphatic heterocycles. The Kier molecular flexibility index (Phi) is 3.77. The number of nitrogen functional groups attached to an aromatic ring is 1. The lowest BCUT2D eigenvalue weighted by Crippen LogP contribution is -2.26. The normalized spacial score (nSPS) is 10.2. The molecule has 0 unspecified atom stereocenters. The van der Waals surface area contributed by atoms with Gasteiger partial charge in [0.25, 0.3) is 0 Å². The van der Waals surface area contributed by atoms with Crippen LogP contribution in [0.15, 0.2) is 18.2 Å². The molecule has 0 atom stereocenters. The molecule has 0 spiro atoms. The van der Waals surface area contributed by atoms with E-state index in [9.17, 15) is 0 Å². The van der Waals surface area contributed by atoms with Crippen LogP contribution in [0.1, 0.15) is 12.5 Å². The fraction of sp³-hybridized carbons (Fsp3) is 0.455. The Morgan fingerprint density at radius 3 is 2.64 bits per heavy atom. The van der Waals surface area contributed by atoms with Gasteiger partial charge in [-0.15, -0.1) is 0 Å². The van der Waals surface area contributed by atoms with Crippen LogP contribution in [-0.2, 0) is 0 Å². The SMILES string of the molecule is CCN(CCO)c1ccc(N)cc1C. The van der Waals surface area contributed by atoms with Gasteiger partial charge in [0.2, 0.25) is 0 Å². The standard InChI is InChI=1S/C11H18N2O/c1-3-13(6-7-14)11-5-4-10(12)8-9(11)2/h4-5,8,14H,3,6-7,12H2,1-2H3. The zero-order valence-corrected chi connectivity index (χ0v) is 8.83. The summed E-state index contributed by atoms with van der Waals surface area (Å²) in [6, 6.07) is 5.85. The molecule has 0 radical (unpaired) electrons. The van der Waals surface area contributed by atoms with E-state index >= 15 is 0 Å². The molecule has 0 amide bonds. The summed E-state index contributed by atoms with van der Waals surface area (Å²) < 4.78 is 0. The van der Waals surface area contributed by atoms with Crippen molar-refractivity contribution in [2.45, 2.75) is 13.8 Å². The van der Waals surface area contributed by atoms with Gasteiger partial charge in [0.1, 0.15) is 0 Å². The molecule has 0 bridgehead atoms. The molecule has 3 nitrogen and oxygen atoms in total. The minimum Gasteiger partial charge on any atom is -0.399 e. The van der Waals surface area contributed by atoms with Crippen molar-refractivity contribution >= 4 is 11.4 Å². The summed E-state index contributed by atoms with van der Waals surface area (Å²) >= 11 is 0. The number of likely N-dealkylation sites (N-methyl/N-ethyl adjacent to an activating group) is 1. The molecule has 0 fully saturated rings. The topological polar surface area (TPSA) is 49.5 Å². The Balaban J connectivity index is 2.92. The second kappa shape index (κ2) is 4.86. The molecule has 0 aliphatic rings. The highest BCUT2D eigenvalue weighted by atomic mass is 16.3. The van der Waals surface area contributed by atoms with E-state index in [1.165, 1.54) is 0 Å². The lowest BCUT2D eigenvalue weighted by atomic mass is 10.1. The van der Waals surface area contributed by atoms with Crippen LogP contribution in [0.25, 0.3) is 0 Å². The first-order valence-corrected chi connectivity index (χ1v) is 4.91. The van der Waals surface area contributed by atoms with Gasteiger partial charge in [-0.1, -0.05) is 0 Å². The Morgan fingerprint density at radius 1 is 1.43 bits per heavy atom. The van der Waals surface area contributed by atoms with E-state index in [1.54, 1.807) is 0 Å². The Labute approximate surface area is 85.2 Å². The average molecular weight is 194 g/mol. The number of aliphatic hydroxyl groups is 1. The molecule has 0 aliphatic carbocycles. The number of hydrogen-bond acceptors (Lipinski definition) is 3. The maximum Gasteiger partial charge on any atom is 0.0606 e. The van der Waals surface area contributed by atoms with Crippen LogP contribution in [0.5, 0.6) is 0 Å². The number of nitrogens with two attached hydrogens (primary N) is 1. The molecular formula is C11H18N2O. The van der Waals surface area contributed by atoms with Crippen LogP contribution in [0.4, 0.5) is 11.4 Å². The van der Waals surface area contributed by atoms with Gasteiger partial charge in [0.15, 0.2) is 0 Å². The maximum atomic E-state index is 8.91. The summed E-state index contributed by atoms with van der Waals surface area (Å²) in [5, 5.41) is 8.91. The first-order chi connectivity index (χ1) is 6.69. The smallest absolute Gasteiger partial charge is 0.0606 e. The van der Waals surface area contributed by atoms with E-state index in [-0.39, 0.29) is 6.61 Å². The molecular weight excluding hydrogens is 176 g/mol. The monoisotopic (exact) mass is 194 g/mol. The highest BCUT2D eigenvalue weighted by molar-refractivity contribution is 5.59. The Bertz CT molecular complexity index is 299. The first-order valence-electron chi connectivity index (χ1n) is 4.91. The van der Waals surface area contributed by atoms with Crippen molar-refractivity contribution in [1.82, 2.24) is 0 Å². The molecule has 78 valence electrons. The van der Waals surface area contributed by atoms with Crippen LogP contribution in [-0.4, -0.2) is 24.8 Å². The molecule has 0 saturated carbocycles. The molecule has 1 aromatic rings. The summed E-state index contributed by atoms with van der Waals surface area (Å²) in [4.78, 5) is 2.13. The van der Waals surface area contributed by atoms with Crippen LogP contribution in [0, 0.1) is 6.92 Å². The third-order valence-corrected chi connectivity index (χ3v) is 2.31. The number of aliphatic hydroxyl groups excluding tert-OH is 1. The number of aryl methyl sites for hydroxylation is 1. The van der Waals surface area contributed by atoms with Crippen molar-refractivity contribution in [2.24, 2.45) is 0 Å². The quantitative estimate of drug-likeness (QED) is 0.712. The predicted molar refractivity (Wildman–Crippen MR) is 60.6 cm³/mol. The fourth-order valence-corrected chi connectivity index (χ4v) is 1.60. The highest BCUT2D eigenvalue weighted by Gasteiger charge is 2.06. The molecule has 3 N–H and O–H groups in total. The van der Waals surface area contributed by atoms with Crippen molar-refractivity contribution in [3.63, 3.8) is 0 Å². The summed E-state index contributed by atoms with van der Waals surface area (Å²) in [5.74, 6) is 0. The predicted octanol–water partition coefficient (Wildman–Crippen LogP) is 1.40. The van der Waals surface area contributed by atoms with E-state index < -0.39 is 0 Å². The van der Waals surface area contributed by atoms with E-state index in [1.807, 2.05) is 25.1 Å². The Hall–Kier alpha value is -1.22. The largest absolute Gasteiger partial charge is 0.399 e. The second-order valence-corrected chi connectivity index (χ2v) is 3.35. The van der Waals surface area contributed by atoms with Crippen molar-refractivity contribution in [1.29, 1.82) is 0 Å². The van der Waals surface area contributed by atoms with Crippen molar-refractivity contribution in [3.8, 4) is 0 Å². The minimum atomic E-state index is 0.178. The van der Waals surface area contributed by atoms with Gasteiger partial charge in [0, 0.05) is 24.5 Å². The van der Waals surface area contributed by atoms with Crippen molar-refractivity contribution in [2.75, 3.05) is 30.3 Å². The van der Waals surface area contributed by atoms with Gasteiger partial charge in [0.05, 0.1) is 6.61 Å². The molecule has 0 saturated heterocycles. The summed E-state index contributed by atoms with van der Waals surface area (Å²) in [6.07, 6.45) is 0. The zero-order chi connectivity index (χ0) is 10.6. The first kappa shape index (κ1) is 10.9. The number of nitrogens with zero attached hydrogens (tertiary/aromatic N) is 1. The van der Waals surface area contributed by atoms with Crippen LogP contribution in [0.2, 0.25) is 0 Å².